The molecule has 0 amide bonds. The SMILES string of the molecule is O/N=C1/c2ccccc2OC(c2ccccc2)C1n1ccnc1. The molecule has 1 N–H and O–H groups in total. The second kappa shape index (κ2) is 5.61. The Morgan fingerprint density at radius 3 is 2.57 bits per heavy atom. The minimum absolute atomic E-state index is 0.292. The van der Waals surface area contributed by atoms with Crippen LogP contribution in [-0.2, 0) is 0 Å². The van der Waals surface area contributed by atoms with Crippen molar-refractivity contribution < 1.29 is 9.94 Å². The molecule has 0 bridgehead atoms. The lowest BCUT2D eigenvalue weighted by Gasteiger charge is -2.35. The summed E-state index contributed by atoms with van der Waals surface area (Å²) in [6.45, 7) is 0. The van der Waals surface area contributed by atoms with E-state index in [9.17, 15) is 5.21 Å². The van der Waals surface area contributed by atoms with Gasteiger partial charge in [-0.15, -0.1) is 0 Å². The molecule has 2 atom stereocenters. The number of aromatic nitrogens is 2. The minimum atomic E-state index is -0.300. The van der Waals surface area contributed by atoms with Crippen LogP contribution in [0.5, 0.6) is 5.75 Å². The molecule has 114 valence electrons. The average Bonchev–Trinajstić information content (AvgIpc) is 3.15. The Hall–Kier alpha value is -3.08. The molecule has 4 rings (SSSR count). The van der Waals surface area contributed by atoms with Crippen molar-refractivity contribution in [2.75, 3.05) is 0 Å². The molecule has 0 saturated carbocycles. The molecular formula is C18H15N3O2. The number of ether oxygens (including phenoxy) is 1. The summed E-state index contributed by atoms with van der Waals surface area (Å²) in [4.78, 5) is 4.12. The first-order valence-corrected chi connectivity index (χ1v) is 7.39. The van der Waals surface area contributed by atoms with E-state index in [1.165, 1.54) is 0 Å². The number of hydrogen-bond acceptors (Lipinski definition) is 4. The summed E-state index contributed by atoms with van der Waals surface area (Å²) in [5, 5.41) is 13.3. The lowest BCUT2D eigenvalue weighted by atomic mass is 9.90. The van der Waals surface area contributed by atoms with Crippen molar-refractivity contribution in [1.29, 1.82) is 0 Å². The van der Waals surface area contributed by atoms with Gasteiger partial charge in [-0.2, -0.15) is 0 Å². The van der Waals surface area contributed by atoms with Crippen LogP contribution in [0.1, 0.15) is 23.3 Å². The van der Waals surface area contributed by atoms with Gasteiger partial charge in [0.1, 0.15) is 17.5 Å². The zero-order valence-corrected chi connectivity index (χ0v) is 12.3. The van der Waals surface area contributed by atoms with E-state index < -0.39 is 0 Å². The van der Waals surface area contributed by atoms with E-state index in [-0.39, 0.29) is 12.1 Å². The highest BCUT2D eigenvalue weighted by molar-refractivity contribution is 6.06. The molecule has 2 unspecified atom stereocenters. The van der Waals surface area contributed by atoms with E-state index in [1.54, 1.807) is 12.5 Å². The molecule has 5 heteroatoms. The second-order valence-electron chi connectivity index (χ2n) is 5.39. The number of oxime groups is 1. The summed E-state index contributed by atoms with van der Waals surface area (Å²) in [6, 6.07) is 17.2. The first-order valence-electron chi connectivity index (χ1n) is 7.39. The lowest BCUT2D eigenvalue weighted by molar-refractivity contribution is 0.157. The summed E-state index contributed by atoms with van der Waals surface area (Å²) in [5.74, 6) is 0.713. The zero-order chi connectivity index (χ0) is 15.6. The fourth-order valence-corrected chi connectivity index (χ4v) is 3.02. The molecule has 2 heterocycles. The molecule has 0 spiro atoms. The van der Waals surface area contributed by atoms with Crippen LogP contribution in [0.3, 0.4) is 0 Å². The first-order chi connectivity index (χ1) is 11.4. The van der Waals surface area contributed by atoms with Crippen LogP contribution in [0.4, 0.5) is 0 Å². The van der Waals surface area contributed by atoms with Gasteiger partial charge in [0, 0.05) is 18.0 Å². The number of imidazole rings is 1. The van der Waals surface area contributed by atoms with Gasteiger partial charge < -0.3 is 14.5 Å². The van der Waals surface area contributed by atoms with Gasteiger partial charge in [0.05, 0.1) is 6.33 Å². The molecule has 23 heavy (non-hydrogen) atoms. The van der Waals surface area contributed by atoms with E-state index in [2.05, 4.69) is 10.1 Å². The van der Waals surface area contributed by atoms with Crippen molar-refractivity contribution in [2.24, 2.45) is 5.16 Å². The molecule has 0 radical (unpaired) electrons. The largest absolute Gasteiger partial charge is 0.482 e. The monoisotopic (exact) mass is 305 g/mol. The van der Waals surface area contributed by atoms with E-state index in [1.807, 2.05) is 65.4 Å². The molecular weight excluding hydrogens is 290 g/mol. The molecule has 3 aromatic rings. The van der Waals surface area contributed by atoms with Crippen LogP contribution < -0.4 is 4.74 Å². The Labute approximate surface area is 133 Å². The van der Waals surface area contributed by atoms with Crippen molar-refractivity contribution in [2.45, 2.75) is 12.1 Å². The van der Waals surface area contributed by atoms with Crippen molar-refractivity contribution in [3.8, 4) is 5.75 Å². The van der Waals surface area contributed by atoms with Crippen molar-refractivity contribution >= 4 is 5.71 Å². The second-order valence-corrected chi connectivity index (χ2v) is 5.39. The molecule has 1 aliphatic heterocycles. The Morgan fingerprint density at radius 1 is 1.04 bits per heavy atom. The predicted molar refractivity (Wildman–Crippen MR) is 85.8 cm³/mol. The van der Waals surface area contributed by atoms with Gasteiger partial charge in [-0.25, -0.2) is 4.98 Å². The molecule has 5 nitrogen and oxygen atoms in total. The van der Waals surface area contributed by atoms with Gasteiger partial charge in [-0.1, -0.05) is 47.6 Å². The Morgan fingerprint density at radius 2 is 1.83 bits per heavy atom. The third-order valence-electron chi connectivity index (χ3n) is 4.07. The van der Waals surface area contributed by atoms with Crippen molar-refractivity contribution in [3.63, 3.8) is 0 Å². The number of fused-ring (bicyclic) bond motifs is 1. The standard InChI is InChI=1S/C18H15N3O2/c22-20-16-14-8-4-5-9-15(14)23-18(13-6-2-1-3-7-13)17(16)21-11-10-19-12-21/h1-12,17-18,22H/b20-16-. The highest BCUT2D eigenvalue weighted by Crippen LogP contribution is 2.41. The fraction of sp³-hybridized carbons (Fsp3) is 0.111. The third kappa shape index (κ3) is 2.26. The summed E-state index contributed by atoms with van der Waals surface area (Å²) >= 11 is 0. The minimum Gasteiger partial charge on any atom is -0.482 e. The van der Waals surface area contributed by atoms with Gasteiger partial charge in [0.25, 0.3) is 0 Å². The van der Waals surface area contributed by atoms with Crippen molar-refractivity contribution in [3.05, 3.63) is 84.4 Å². The van der Waals surface area contributed by atoms with Gasteiger partial charge in [-0.05, 0) is 17.7 Å². The fourth-order valence-electron chi connectivity index (χ4n) is 3.02. The zero-order valence-electron chi connectivity index (χ0n) is 12.3. The van der Waals surface area contributed by atoms with Crippen molar-refractivity contribution in [1.82, 2.24) is 9.55 Å². The van der Waals surface area contributed by atoms with Gasteiger partial charge in [-0.3, -0.25) is 0 Å². The van der Waals surface area contributed by atoms with Gasteiger partial charge >= 0.3 is 0 Å². The number of benzene rings is 2. The maximum Gasteiger partial charge on any atom is 0.150 e. The first kappa shape index (κ1) is 13.6. The summed E-state index contributed by atoms with van der Waals surface area (Å²) < 4.78 is 8.15. The van der Waals surface area contributed by atoms with E-state index in [0.717, 1.165) is 11.1 Å². The van der Waals surface area contributed by atoms with Crippen LogP contribution in [0, 0.1) is 0 Å². The van der Waals surface area contributed by atoms with Crippen LogP contribution in [-0.4, -0.2) is 20.5 Å². The normalized spacial score (nSPS) is 21.7. The summed E-state index contributed by atoms with van der Waals surface area (Å²) in [6.07, 6.45) is 4.97. The number of hydrogen-bond donors (Lipinski definition) is 1. The Balaban J connectivity index is 1.90. The predicted octanol–water partition coefficient (Wildman–Crippen LogP) is 3.44. The molecule has 0 fully saturated rings. The number of para-hydroxylation sites is 1. The highest BCUT2D eigenvalue weighted by Gasteiger charge is 2.38. The smallest absolute Gasteiger partial charge is 0.150 e. The van der Waals surface area contributed by atoms with Gasteiger partial charge in [0.2, 0.25) is 0 Å². The van der Waals surface area contributed by atoms with Crippen LogP contribution in [0.15, 0.2) is 78.5 Å². The quantitative estimate of drug-likeness (QED) is 0.583. The topological polar surface area (TPSA) is 59.6 Å². The lowest BCUT2D eigenvalue weighted by Crippen LogP contribution is -2.34. The van der Waals surface area contributed by atoms with Crippen LogP contribution in [0.25, 0.3) is 0 Å². The number of nitrogens with zero attached hydrogens (tertiary/aromatic N) is 3. The Bertz CT molecular complexity index is 828. The van der Waals surface area contributed by atoms with E-state index in [4.69, 9.17) is 4.74 Å². The Kier molecular flexibility index (Phi) is 3.31. The third-order valence-corrected chi connectivity index (χ3v) is 4.07. The summed E-state index contributed by atoms with van der Waals surface area (Å²) in [5.41, 5.74) is 2.38. The molecule has 1 aliphatic rings. The van der Waals surface area contributed by atoms with E-state index >= 15 is 0 Å². The maximum atomic E-state index is 9.67. The van der Waals surface area contributed by atoms with Crippen LogP contribution in [0.2, 0.25) is 0 Å². The number of rotatable bonds is 2. The van der Waals surface area contributed by atoms with Crippen LogP contribution >= 0.6 is 0 Å². The molecule has 0 aliphatic carbocycles. The average molecular weight is 305 g/mol. The maximum absolute atomic E-state index is 9.67. The molecule has 0 saturated heterocycles. The summed E-state index contributed by atoms with van der Waals surface area (Å²) in [7, 11) is 0. The highest BCUT2D eigenvalue weighted by atomic mass is 16.5. The van der Waals surface area contributed by atoms with E-state index in [0.29, 0.717) is 11.5 Å². The molecule has 2 aromatic carbocycles. The molecule has 1 aromatic heterocycles. The van der Waals surface area contributed by atoms with Gasteiger partial charge in [0.15, 0.2) is 6.10 Å².